The van der Waals surface area contributed by atoms with Crippen molar-refractivity contribution in [2.75, 3.05) is 18.1 Å². The highest BCUT2D eigenvalue weighted by molar-refractivity contribution is 7.95. The number of para-hydroxylation sites is 1. The van der Waals surface area contributed by atoms with Gasteiger partial charge >= 0.3 is 0 Å². The van der Waals surface area contributed by atoms with Crippen molar-refractivity contribution < 1.29 is 13.3 Å². The molecule has 3 heterocycles. The van der Waals surface area contributed by atoms with E-state index >= 15 is 0 Å². The molecule has 0 spiro atoms. The average molecular weight is 438 g/mol. The second kappa shape index (κ2) is 8.75. The molecule has 7 heteroatoms. The number of aromatic nitrogens is 2. The number of hydrogen-bond donors (Lipinski definition) is 0. The van der Waals surface area contributed by atoms with Gasteiger partial charge in [-0.1, -0.05) is 31.2 Å². The summed E-state index contributed by atoms with van der Waals surface area (Å²) in [5.74, 6) is 1.48. The lowest BCUT2D eigenvalue weighted by atomic mass is 10.0. The minimum absolute atomic E-state index is 0.0340. The van der Waals surface area contributed by atoms with Gasteiger partial charge in [0.1, 0.15) is 12.4 Å². The van der Waals surface area contributed by atoms with Crippen molar-refractivity contribution in [2.24, 2.45) is 0 Å². The Balaban J connectivity index is 1.26. The summed E-state index contributed by atoms with van der Waals surface area (Å²) in [4.78, 5) is 11.2. The molecular formula is C24H24FN3O2S. The van der Waals surface area contributed by atoms with E-state index in [1.54, 1.807) is 12.1 Å². The molecule has 1 fully saturated rings. The Bertz CT molecular complexity index is 1060. The van der Waals surface area contributed by atoms with Crippen LogP contribution in [0.1, 0.15) is 41.7 Å². The molecule has 2 aliphatic rings. The van der Waals surface area contributed by atoms with E-state index < -0.39 is 0 Å². The molecule has 0 radical (unpaired) electrons. The lowest BCUT2D eigenvalue weighted by Crippen LogP contribution is -2.35. The lowest BCUT2D eigenvalue weighted by molar-refractivity contribution is 0.275. The molecule has 5 rings (SSSR count). The molecule has 0 bridgehead atoms. The lowest BCUT2D eigenvalue weighted by Gasteiger charge is -2.25. The van der Waals surface area contributed by atoms with Gasteiger partial charge < -0.3 is 13.8 Å². The number of hydrogen-bond acceptors (Lipinski definition) is 6. The predicted molar refractivity (Wildman–Crippen MR) is 120 cm³/mol. The van der Waals surface area contributed by atoms with E-state index in [9.17, 15) is 4.39 Å². The van der Waals surface area contributed by atoms with Gasteiger partial charge in [-0.3, -0.25) is 0 Å². The molecule has 0 N–H and O–H groups in total. The second-order valence-electron chi connectivity index (χ2n) is 7.83. The molecule has 3 aromatic rings. The molecule has 2 atom stereocenters. The van der Waals surface area contributed by atoms with E-state index in [-0.39, 0.29) is 22.9 Å². The third-order valence-electron chi connectivity index (χ3n) is 5.86. The van der Waals surface area contributed by atoms with Crippen molar-refractivity contribution in [3.8, 4) is 11.5 Å². The van der Waals surface area contributed by atoms with Gasteiger partial charge in [0, 0.05) is 24.5 Å². The molecule has 5 nitrogen and oxygen atoms in total. The maximum atomic E-state index is 14.8. The Morgan fingerprint density at radius 2 is 2.03 bits per heavy atom. The van der Waals surface area contributed by atoms with Crippen molar-refractivity contribution in [1.82, 2.24) is 9.97 Å². The van der Waals surface area contributed by atoms with Gasteiger partial charge in [-0.2, -0.15) is 0 Å². The van der Waals surface area contributed by atoms with Crippen molar-refractivity contribution in [1.29, 1.82) is 0 Å². The Morgan fingerprint density at radius 1 is 1.19 bits per heavy atom. The fraction of sp³-hybridized carbons (Fsp3) is 0.333. The van der Waals surface area contributed by atoms with Crippen LogP contribution >= 0.6 is 12.0 Å². The van der Waals surface area contributed by atoms with Crippen LogP contribution in [-0.4, -0.2) is 29.2 Å². The molecule has 0 saturated carbocycles. The molecule has 0 amide bonds. The molecule has 0 aliphatic carbocycles. The molecule has 2 aromatic carbocycles. The summed E-state index contributed by atoms with van der Waals surface area (Å²) >= 11 is 1.34. The minimum atomic E-state index is -0.351. The highest BCUT2D eigenvalue weighted by Gasteiger charge is 2.29. The van der Waals surface area contributed by atoms with Crippen molar-refractivity contribution in [2.45, 2.75) is 37.5 Å². The fourth-order valence-corrected chi connectivity index (χ4v) is 5.00. The van der Waals surface area contributed by atoms with Gasteiger partial charge in [0.2, 0.25) is 5.95 Å². The van der Waals surface area contributed by atoms with E-state index in [4.69, 9.17) is 8.92 Å². The average Bonchev–Trinajstić information content (AvgIpc) is 3.45. The molecule has 2 aliphatic heterocycles. The van der Waals surface area contributed by atoms with E-state index in [0.717, 1.165) is 54.2 Å². The number of benzene rings is 2. The summed E-state index contributed by atoms with van der Waals surface area (Å²) in [6.07, 6.45) is 6.69. The Hall–Kier alpha value is -2.80. The first-order chi connectivity index (χ1) is 15.2. The number of rotatable bonds is 6. The summed E-state index contributed by atoms with van der Waals surface area (Å²) in [7, 11) is 0. The molecule has 2 unspecified atom stereocenters. The molecule has 1 saturated heterocycles. The SMILES string of the molecule is CCc1cnc(N2CCCC2COc2ccc(C3SOc4ccccc43)cc2F)nc1. The quantitative estimate of drug-likeness (QED) is 0.484. The third-order valence-corrected chi connectivity index (χ3v) is 6.85. The minimum Gasteiger partial charge on any atom is -0.488 e. The standard InChI is InChI=1S/C24H24FN3O2S/c1-2-16-13-26-24(27-14-16)28-11-5-6-18(28)15-29-22-10-9-17(12-20(22)25)23-19-7-3-4-8-21(19)30-31-23/h3-4,7-10,12-14,18,23H,2,5-6,11,15H2,1H3. The Morgan fingerprint density at radius 3 is 2.84 bits per heavy atom. The van der Waals surface area contributed by atoms with Gasteiger partial charge in [0.15, 0.2) is 11.6 Å². The van der Waals surface area contributed by atoms with Crippen LogP contribution in [0.3, 0.4) is 0 Å². The molecule has 160 valence electrons. The van der Waals surface area contributed by atoms with Gasteiger partial charge in [0.25, 0.3) is 0 Å². The van der Waals surface area contributed by atoms with Crippen LogP contribution in [-0.2, 0) is 6.42 Å². The van der Waals surface area contributed by atoms with Crippen LogP contribution in [0.15, 0.2) is 54.9 Å². The smallest absolute Gasteiger partial charge is 0.225 e. The maximum absolute atomic E-state index is 14.8. The second-order valence-corrected chi connectivity index (χ2v) is 8.66. The number of fused-ring (bicyclic) bond motifs is 1. The van der Waals surface area contributed by atoms with Gasteiger partial charge in [-0.15, -0.1) is 0 Å². The number of halogens is 1. The van der Waals surface area contributed by atoms with Crippen molar-refractivity contribution >= 4 is 18.0 Å². The number of nitrogens with zero attached hydrogens (tertiary/aromatic N) is 3. The van der Waals surface area contributed by atoms with Gasteiger partial charge in [0.05, 0.1) is 23.3 Å². The monoisotopic (exact) mass is 437 g/mol. The highest BCUT2D eigenvalue weighted by atomic mass is 32.2. The number of anilines is 1. The maximum Gasteiger partial charge on any atom is 0.225 e. The van der Waals surface area contributed by atoms with Crippen LogP contribution in [0.2, 0.25) is 0 Å². The van der Waals surface area contributed by atoms with Crippen LogP contribution in [0, 0.1) is 5.82 Å². The van der Waals surface area contributed by atoms with Crippen molar-refractivity contribution in [3.05, 3.63) is 77.4 Å². The summed E-state index contributed by atoms with van der Waals surface area (Å²) in [6, 6.07) is 13.2. The molecular weight excluding hydrogens is 413 g/mol. The summed E-state index contributed by atoms with van der Waals surface area (Å²) in [6.45, 7) is 3.38. The fourth-order valence-electron chi connectivity index (χ4n) is 4.09. The number of ether oxygens (including phenoxy) is 1. The first-order valence-corrected chi connectivity index (χ1v) is 11.5. The normalized spacial score (nSPS) is 19.9. The van der Waals surface area contributed by atoms with E-state index in [1.165, 1.54) is 12.0 Å². The first kappa shape index (κ1) is 20.1. The van der Waals surface area contributed by atoms with Gasteiger partial charge in [-0.05, 0) is 48.6 Å². The van der Waals surface area contributed by atoms with E-state index in [2.05, 4.69) is 21.8 Å². The largest absolute Gasteiger partial charge is 0.488 e. The molecule has 1 aromatic heterocycles. The topological polar surface area (TPSA) is 47.5 Å². The highest BCUT2D eigenvalue weighted by Crippen LogP contribution is 2.48. The Kier molecular flexibility index (Phi) is 5.68. The van der Waals surface area contributed by atoms with Gasteiger partial charge in [-0.25, -0.2) is 14.4 Å². The zero-order valence-electron chi connectivity index (χ0n) is 17.3. The summed E-state index contributed by atoms with van der Waals surface area (Å²) < 4.78 is 26.4. The van der Waals surface area contributed by atoms with Crippen LogP contribution < -0.4 is 13.8 Å². The van der Waals surface area contributed by atoms with Crippen LogP contribution in [0.25, 0.3) is 0 Å². The van der Waals surface area contributed by atoms with E-state index in [1.807, 2.05) is 42.7 Å². The molecule has 31 heavy (non-hydrogen) atoms. The van der Waals surface area contributed by atoms with Crippen LogP contribution in [0.4, 0.5) is 10.3 Å². The zero-order valence-corrected chi connectivity index (χ0v) is 18.1. The van der Waals surface area contributed by atoms with Crippen molar-refractivity contribution in [3.63, 3.8) is 0 Å². The first-order valence-electron chi connectivity index (χ1n) is 10.6. The number of aryl methyl sites for hydroxylation is 1. The summed E-state index contributed by atoms with van der Waals surface area (Å²) in [5, 5.41) is -0.0340. The predicted octanol–water partition coefficient (Wildman–Crippen LogP) is 5.36. The van der Waals surface area contributed by atoms with Crippen LogP contribution in [0.5, 0.6) is 11.5 Å². The zero-order chi connectivity index (χ0) is 21.2. The van der Waals surface area contributed by atoms with E-state index in [0.29, 0.717) is 6.61 Å². The third kappa shape index (κ3) is 4.06. The Labute approximate surface area is 185 Å². The summed E-state index contributed by atoms with van der Waals surface area (Å²) in [5.41, 5.74) is 3.05.